The Hall–Kier alpha value is -4.04. The van der Waals surface area contributed by atoms with Crippen LogP contribution in [0.5, 0.6) is 11.5 Å². The van der Waals surface area contributed by atoms with E-state index < -0.39 is 18.5 Å². The van der Waals surface area contributed by atoms with Crippen LogP contribution in [-0.2, 0) is 9.53 Å². The molecule has 0 bridgehead atoms. The Labute approximate surface area is 167 Å². The van der Waals surface area contributed by atoms with Crippen molar-refractivity contribution >= 4 is 17.6 Å². The number of esters is 1. The Morgan fingerprint density at radius 1 is 1.07 bits per heavy atom. The van der Waals surface area contributed by atoms with E-state index in [0.29, 0.717) is 36.0 Å². The van der Waals surface area contributed by atoms with Gasteiger partial charge in [-0.3, -0.25) is 4.79 Å². The van der Waals surface area contributed by atoms with Gasteiger partial charge in [0.15, 0.2) is 18.1 Å². The van der Waals surface area contributed by atoms with Gasteiger partial charge in [0, 0.05) is 18.3 Å². The first-order valence-electron chi connectivity index (χ1n) is 8.86. The predicted octanol–water partition coefficient (Wildman–Crippen LogP) is 2.43. The predicted molar refractivity (Wildman–Crippen MR) is 101 cm³/mol. The van der Waals surface area contributed by atoms with Crippen molar-refractivity contribution in [1.29, 1.82) is 10.5 Å². The van der Waals surface area contributed by atoms with Crippen LogP contribution in [0.15, 0.2) is 42.5 Å². The van der Waals surface area contributed by atoms with E-state index in [1.807, 2.05) is 12.1 Å². The van der Waals surface area contributed by atoms with Gasteiger partial charge < -0.3 is 19.1 Å². The Kier molecular flexibility index (Phi) is 6.29. The summed E-state index contributed by atoms with van der Waals surface area (Å²) in [6.45, 7) is 0.486. The van der Waals surface area contributed by atoms with E-state index in [2.05, 4.69) is 0 Å². The van der Waals surface area contributed by atoms with Gasteiger partial charge in [0.2, 0.25) is 0 Å². The molecule has 0 aromatic heterocycles. The molecule has 29 heavy (non-hydrogen) atoms. The number of carbonyl (C=O) groups is 2. The second-order valence-electron chi connectivity index (χ2n) is 6.05. The highest BCUT2D eigenvalue weighted by Gasteiger charge is 2.21. The molecule has 1 aliphatic rings. The van der Waals surface area contributed by atoms with Crippen LogP contribution < -0.4 is 14.4 Å². The summed E-state index contributed by atoms with van der Waals surface area (Å²) in [5, 5.41) is 17.8. The van der Waals surface area contributed by atoms with Crippen molar-refractivity contribution in [2.45, 2.75) is 6.42 Å². The zero-order chi connectivity index (χ0) is 20.6. The third-order valence-corrected chi connectivity index (χ3v) is 4.14. The molecule has 0 saturated carbocycles. The van der Waals surface area contributed by atoms with Gasteiger partial charge in [-0.1, -0.05) is 6.07 Å². The monoisotopic (exact) mass is 391 g/mol. The molecule has 8 nitrogen and oxygen atoms in total. The van der Waals surface area contributed by atoms with Crippen molar-refractivity contribution in [2.24, 2.45) is 0 Å². The van der Waals surface area contributed by atoms with Crippen molar-refractivity contribution in [2.75, 3.05) is 31.3 Å². The lowest BCUT2D eigenvalue weighted by Gasteiger charge is -2.24. The molecule has 2 aromatic carbocycles. The van der Waals surface area contributed by atoms with Crippen molar-refractivity contribution in [3.05, 3.63) is 53.6 Å². The first-order chi connectivity index (χ1) is 14.1. The number of carbonyl (C=O) groups excluding carboxylic acids is 2. The Morgan fingerprint density at radius 3 is 2.62 bits per heavy atom. The van der Waals surface area contributed by atoms with E-state index in [9.17, 15) is 9.59 Å². The van der Waals surface area contributed by atoms with Crippen LogP contribution in [-0.4, -0.2) is 38.2 Å². The van der Waals surface area contributed by atoms with Gasteiger partial charge >= 0.3 is 5.97 Å². The SMILES string of the molecule is N#CCCN(C(=O)COC(=O)c1cccc(C#N)c1)c1ccc2c(c1)OCCO2. The number of benzene rings is 2. The third kappa shape index (κ3) is 4.82. The summed E-state index contributed by atoms with van der Waals surface area (Å²) < 4.78 is 16.1. The van der Waals surface area contributed by atoms with Gasteiger partial charge in [0.05, 0.1) is 29.7 Å². The molecular weight excluding hydrogens is 374 g/mol. The van der Waals surface area contributed by atoms with Crippen LogP contribution in [0.3, 0.4) is 0 Å². The molecule has 1 aliphatic heterocycles. The van der Waals surface area contributed by atoms with E-state index in [0.717, 1.165) is 0 Å². The van der Waals surface area contributed by atoms with Gasteiger partial charge in [0.1, 0.15) is 13.2 Å². The first-order valence-corrected chi connectivity index (χ1v) is 8.86. The Morgan fingerprint density at radius 2 is 1.86 bits per heavy atom. The standard InChI is InChI=1S/C21H17N3O5/c22-7-2-8-24(17-5-6-18-19(12-17)28-10-9-27-18)20(25)14-29-21(26)16-4-1-3-15(11-16)13-23/h1,3-6,11-12H,2,8-10,14H2. The highest BCUT2D eigenvalue weighted by molar-refractivity contribution is 5.97. The maximum atomic E-state index is 12.7. The molecule has 0 N–H and O–H groups in total. The minimum absolute atomic E-state index is 0.109. The molecule has 0 unspecified atom stereocenters. The molecule has 0 saturated heterocycles. The molecule has 0 atom stereocenters. The van der Waals surface area contributed by atoms with Crippen molar-refractivity contribution in [3.63, 3.8) is 0 Å². The molecule has 1 amide bonds. The molecule has 146 valence electrons. The number of ether oxygens (including phenoxy) is 3. The molecule has 0 aliphatic carbocycles. The fourth-order valence-corrected chi connectivity index (χ4v) is 2.76. The summed E-state index contributed by atoms with van der Waals surface area (Å²) >= 11 is 0. The Bertz CT molecular complexity index is 1010. The topological polar surface area (TPSA) is 113 Å². The molecule has 2 aromatic rings. The van der Waals surface area contributed by atoms with Crippen molar-refractivity contribution in [1.82, 2.24) is 0 Å². The first kappa shape index (κ1) is 19.7. The molecule has 1 heterocycles. The van der Waals surface area contributed by atoms with Crippen LogP contribution in [0.25, 0.3) is 0 Å². The number of hydrogen-bond donors (Lipinski definition) is 0. The number of rotatable bonds is 6. The summed E-state index contributed by atoms with van der Waals surface area (Å²) in [6, 6.07) is 15.0. The van der Waals surface area contributed by atoms with E-state index in [1.54, 1.807) is 30.3 Å². The minimum atomic E-state index is -0.710. The number of hydrogen-bond acceptors (Lipinski definition) is 7. The normalized spacial score (nSPS) is 11.7. The van der Waals surface area contributed by atoms with E-state index in [-0.39, 0.29) is 18.5 Å². The van der Waals surface area contributed by atoms with E-state index in [1.165, 1.54) is 17.0 Å². The molecular formula is C21H17N3O5. The van der Waals surface area contributed by atoms with Gasteiger partial charge in [-0.05, 0) is 30.3 Å². The molecule has 0 fully saturated rings. The van der Waals surface area contributed by atoms with Crippen LogP contribution in [0.4, 0.5) is 5.69 Å². The average Bonchev–Trinajstić information content (AvgIpc) is 2.77. The maximum Gasteiger partial charge on any atom is 0.338 e. The number of nitrogens with zero attached hydrogens (tertiary/aromatic N) is 3. The summed E-state index contributed by atoms with van der Waals surface area (Å²) in [6.07, 6.45) is 0.109. The van der Waals surface area contributed by atoms with E-state index in [4.69, 9.17) is 24.7 Å². The maximum absolute atomic E-state index is 12.7. The summed E-state index contributed by atoms with van der Waals surface area (Å²) in [7, 11) is 0. The third-order valence-electron chi connectivity index (χ3n) is 4.14. The zero-order valence-corrected chi connectivity index (χ0v) is 15.5. The summed E-state index contributed by atoms with van der Waals surface area (Å²) in [4.78, 5) is 26.2. The van der Waals surface area contributed by atoms with Gasteiger partial charge in [0.25, 0.3) is 5.91 Å². The van der Waals surface area contributed by atoms with Crippen LogP contribution in [0.2, 0.25) is 0 Å². The summed E-state index contributed by atoms with van der Waals surface area (Å²) in [5.41, 5.74) is 1.01. The highest BCUT2D eigenvalue weighted by Crippen LogP contribution is 2.34. The lowest BCUT2D eigenvalue weighted by atomic mass is 10.1. The van der Waals surface area contributed by atoms with Gasteiger partial charge in [-0.2, -0.15) is 10.5 Å². The fraction of sp³-hybridized carbons (Fsp3) is 0.238. The molecule has 8 heteroatoms. The van der Waals surface area contributed by atoms with Crippen molar-refractivity contribution in [3.8, 4) is 23.6 Å². The van der Waals surface area contributed by atoms with E-state index >= 15 is 0 Å². The fourth-order valence-electron chi connectivity index (χ4n) is 2.76. The molecule has 3 rings (SSSR count). The zero-order valence-electron chi connectivity index (χ0n) is 15.5. The number of nitriles is 2. The van der Waals surface area contributed by atoms with Crippen LogP contribution in [0.1, 0.15) is 22.3 Å². The smallest absolute Gasteiger partial charge is 0.338 e. The van der Waals surface area contributed by atoms with Gasteiger partial charge in [-0.25, -0.2) is 4.79 Å². The lowest BCUT2D eigenvalue weighted by molar-refractivity contribution is -0.121. The summed E-state index contributed by atoms with van der Waals surface area (Å²) in [5.74, 6) is -0.107. The van der Waals surface area contributed by atoms with Crippen LogP contribution in [0, 0.1) is 22.7 Å². The average molecular weight is 391 g/mol. The minimum Gasteiger partial charge on any atom is -0.486 e. The Balaban J connectivity index is 1.71. The van der Waals surface area contributed by atoms with Gasteiger partial charge in [-0.15, -0.1) is 0 Å². The van der Waals surface area contributed by atoms with Crippen LogP contribution >= 0.6 is 0 Å². The largest absolute Gasteiger partial charge is 0.486 e. The second-order valence-corrected chi connectivity index (χ2v) is 6.05. The molecule has 0 radical (unpaired) electrons. The number of fused-ring (bicyclic) bond motifs is 1. The van der Waals surface area contributed by atoms with Crippen molar-refractivity contribution < 1.29 is 23.8 Å². The number of anilines is 1. The highest BCUT2D eigenvalue weighted by atomic mass is 16.6. The number of amides is 1. The second kappa shape index (κ2) is 9.25. The quantitative estimate of drug-likeness (QED) is 0.695. The molecule has 0 spiro atoms. The lowest BCUT2D eigenvalue weighted by Crippen LogP contribution is -2.35.